The molecule has 1 rings (SSSR count). The molecule has 0 spiro atoms. The van der Waals surface area contributed by atoms with Gasteiger partial charge in [0.2, 0.25) is 0 Å². The highest BCUT2D eigenvalue weighted by atomic mass is 16.4. The number of hydrogen-bond acceptors (Lipinski definition) is 3. The number of carboxylic acid groups (broad SMARTS) is 1. The molecule has 0 saturated heterocycles. The number of aryl methyl sites for hydroxylation is 1. The average Bonchev–Trinajstić information content (AvgIpc) is 2.66. The lowest BCUT2D eigenvalue weighted by molar-refractivity contribution is 0.0696. The van der Waals surface area contributed by atoms with Crippen LogP contribution in [0.2, 0.25) is 0 Å². The van der Waals surface area contributed by atoms with Gasteiger partial charge in [-0.2, -0.15) is 0 Å². The number of aliphatic hydroxyl groups excluding tert-OH is 1. The summed E-state index contributed by atoms with van der Waals surface area (Å²) in [5.41, 5.74) is 1.85. The molecule has 4 N–H and O–H groups in total. The molecule has 1 aromatic rings. The SMILES string of the molecule is CCC(CCO)NCc1cc(C(=O)O)c(C)[nH]1. The molecule has 1 unspecified atom stereocenters. The van der Waals surface area contributed by atoms with E-state index in [4.69, 9.17) is 10.2 Å². The first-order valence-corrected chi connectivity index (χ1v) is 5.84. The van der Waals surface area contributed by atoms with Gasteiger partial charge in [-0.15, -0.1) is 0 Å². The maximum absolute atomic E-state index is 10.9. The van der Waals surface area contributed by atoms with E-state index in [2.05, 4.69) is 17.2 Å². The van der Waals surface area contributed by atoms with E-state index in [1.165, 1.54) is 0 Å². The lowest BCUT2D eigenvalue weighted by atomic mass is 10.1. The summed E-state index contributed by atoms with van der Waals surface area (Å²) >= 11 is 0. The van der Waals surface area contributed by atoms with Gasteiger partial charge in [0, 0.05) is 30.6 Å². The van der Waals surface area contributed by atoms with Gasteiger partial charge in [0.1, 0.15) is 0 Å². The van der Waals surface area contributed by atoms with Crippen LogP contribution in [0.5, 0.6) is 0 Å². The number of nitrogens with one attached hydrogen (secondary N) is 2. The Hall–Kier alpha value is -1.33. The van der Waals surface area contributed by atoms with Crippen LogP contribution >= 0.6 is 0 Å². The molecule has 1 atom stereocenters. The highest BCUT2D eigenvalue weighted by Crippen LogP contribution is 2.10. The Balaban J connectivity index is 2.57. The third kappa shape index (κ3) is 3.87. The number of carbonyl (C=O) groups is 1. The molecule has 0 radical (unpaired) electrons. The van der Waals surface area contributed by atoms with Crippen LogP contribution in [-0.2, 0) is 6.54 Å². The number of aromatic carboxylic acids is 1. The van der Waals surface area contributed by atoms with E-state index in [-0.39, 0.29) is 12.6 Å². The predicted octanol–water partition coefficient (Wildman–Crippen LogP) is 1.27. The van der Waals surface area contributed by atoms with Gasteiger partial charge in [0.15, 0.2) is 0 Å². The molecule has 0 saturated carbocycles. The summed E-state index contributed by atoms with van der Waals surface area (Å²) in [6.45, 7) is 4.55. The van der Waals surface area contributed by atoms with Crippen molar-refractivity contribution in [1.29, 1.82) is 0 Å². The Morgan fingerprint density at radius 3 is 2.76 bits per heavy atom. The maximum Gasteiger partial charge on any atom is 0.337 e. The first-order valence-electron chi connectivity index (χ1n) is 5.84. The summed E-state index contributed by atoms with van der Waals surface area (Å²) in [6.07, 6.45) is 1.65. The van der Waals surface area contributed by atoms with Crippen LogP contribution in [0.25, 0.3) is 0 Å². The Morgan fingerprint density at radius 2 is 2.29 bits per heavy atom. The van der Waals surface area contributed by atoms with Crippen LogP contribution in [-0.4, -0.2) is 33.8 Å². The zero-order chi connectivity index (χ0) is 12.8. The lowest BCUT2D eigenvalue weighted by Crippen LogP contribution is -2.28. The monoisotopic (exact) mass is 240 g/mol. The molecule has 5 heteroatoms. The summed E-state index contributed by atoms with van der Waals surface area (Å²) in [4.78, 5) is 13.9. The number of H-pyrrole nitrogens is 1. The van der Waals surface area contributed by atoms with Gasteiger partial charge in [-0.05, 0) is 25.8 Å². The minimum absolute atomic E-state index is 0.162. The smallest absolute Gasteiger partial charge is 0.337 e. The molecule has 0 aliphatic heterocycles. The second-order valence-corrected chi connectivity index (χ2v) is 4.14. The van der Waals surface area contributed by atoms with Gasteiger partial charge >= 0.3 is 5.97 Å². The van der Waals surface area contributed by atoms with E-state index in [1.54, 1.807) is 13.0 Å². The first kappa shape index (κ1) is 13.7. The largest absolute Gasteiger partial charge is 0.478 e. The molecule has 1 aromatic heterocycles. The molecule has 0 aliphatic rings. The zero-order valence-corrected chi connectivity index (χ0v) is 10.3. The van der Waals surface area contributed by atoms with Crippen molar-refractivity contribution in [2.45, 2.75) is 39.3 Å². The highest BCUT2D eigenvalue weighted by molar-refractivity contribution is 5.89. The minimum atomic E-state index is -0.910. The van der Waals surface area contributed by atoms with E-state index in [0.717, 1.165) is 12.1 Å². The molecule has 96 valence electrons. The van der Waals surface area contributed by atoms with Crippen molar-refractivity contribution >= 4 is 5.97 Å². The molecule has 0 fully saturated rings. The molecular formula is C12H20N2O3. The van der Waals surface area contributed by atoms with Crippen LogP contribution in [0.15, 0.2) is 6.07 Å². The number of carboxylic acids is 1. The van der Waals surface area contributed by atoms with Crippen LogP contribution < -0.4 is 5.32 Å². The fourth-order valence-electron chi connectivity index (χ4n) is 1.80. The third-order valence-corrected chi connectivity index (χ3v) is 2.85. The van der Waals surface area contributed by atoms with E-state index in [9.17, 15) is 4.79 Å². The first-order chi connectivity index (χ1) is 8.08. The number of aliphatic hydroxyl groups is 1. The summed E-state index contributed by atoms with van der Waals surface area (Å²) in [6, 6.07) is 1.91. The molecule has 0 aliphatic carbocycles. The van der Waals surface area contributed by atoms with Crippen molar-refractivity contribution in [2.24, 2.45) is 0 Å². The van der Waals surface area contributed by atoms with Crippen molar-refractivity contribution in [3.63, 3.8) is 0 Å². The molecule has 0 bridgehead atoms. The van der Waals surface area contributed by atoms with E-state index >= 15 is 0 Å². The van der Waals surface area contributed by atoms with Crippen molar-refractivity contribution in [3.8, 4) is 0 Å². The Morgan fingerprint density at radius 1 is 1.59 bits per heavy atom. The number of hydrogen-bond donors (Lipinski definition) is 4. The van der Waals surface area contributed by atoms with Gasteiger partial charge in [-0.3, -0.25) is 0 Å². The Bertz CT molecular complexity index is 374. The number of rotatable bonds is 7. The summed E-state index contributed by atoms with van der Waals surface area (Å²) in [5, 5.41) is 21.1. The lowest BCUT2D eigenvalue weighted by Gasteiger charge is -2.14. The standard InChI is InChI=1S/C12H20N2O3/c1-3-9(4-5-15)13-7-10-6-11(12(16)17)8(2)14-10/h6,9,13-15H,3-5,7H2,1-2H3,(H,16,17). The van der Waals surface area contributed by atoms with E-state index < -0.39 is 5.97 Å². The van der Waals surface area contributed by atoms with Gasteiger partial charge < -0.3 is 20.5 Å². The number of aromatic nitrogens is 1. The number of aromatic amines is 1. The highest BCUT2D eigenvalue weighted by Gasteiger charge is 2.12. The van der Waals surface area contributed by atoms with E-state index in [0.29, 0.717) is 24.2 Å². The maximum atomic E-state index is 10.9. The van der Waals surface area contributed by atoms with Gasteiger partial charge in [0.05, 0.1) is 5.56 Å². The molecule has 5 nitrogen and oxygen atoms in total. The van der Waals surface area contributed by atoms with Crippen molar-refractivity contribution in [3.05, 3.63) is 23.0 Å². The quantitative estimate of drug-likeness (QED) is 0.578. The van der Waals surface area contributed by atoms with Crippen molar-refractivity contribution in [2.75, 3.05) is 6.61 Å². The molecule has 1 heterocycles. The Kier molecular flexibility index (Phi) is 5.18. The van der Waals surface area contributed by atoms with Crippen LogP contribution in [0, 0.1) is 6.92 Å². The normalized spacial score (nSPS) is 12.6. The van der Waals surface area contributed by atoms with Gasteiger partial charge in [0.25, 0.3) is 0 Å². The molecular weight excluding hydrogens is 220 g/mol. The van der Waals surface area contributed by atoms with Gasteiger partial charge in [-0.1, -0.05) is 6.92 Å². The minimum Gasteiger partial charge on any atom is -0.478 e. The summed E-state index contributed by atoms with van der Waals surface area (Å²) in [5.74, 6) is -0.910. The van der Waals surface area contributed by atoms with Crippen molar-refractivity contribution < 1.29 is 15.0 Å². The third-order valence-electron chi connectivity index (χ3n) is 2.85. The topological polar surface area (TPSA) is 85.3 Å². The zero-order valence-electron chi connectivity index (χ0n) is 10.3. The summed E-state index contributed by atoms with van der Waals surface area (Å²) < 4.78 is 0. The molecule has 17 heavy (non-hydrogen) atoms. The molecule has 0 amide bonds. The second kappa shape index (κ2) is 6.42. The average molecular weight is 240 g/mol. The van der Waals surface area contributed by atoms with E-state index in [1.807, 2.05) is 0 Å². The van der Waals surface area contributed by atoms with Crippen LogP contribution in [0.4, 0.5) is 0 Å². The van der Waals surface area contributed by atoms with Crippen LogP contribution in [0.1, 0.15) is 41.5 Å². The van der Waals surface area contributed by atoms with Crippen LogP contribution in [0.3, 0.4) is 0 Å². The predicted molar refractivity (Wildman–Crippen MR) is 65.1 cm³/mol. The van der Waals surface area contributed by atoms with Gasteiger partial charge in [-0.25, -0.2) is 4.79 Å². The van der Waals surface area contributed by atoms with Crippen molar-refractivity contribution in [1.82, 2.24) is 10.3 Å². The second-order valence-electron chi connectivity index (χ2n) is 4.14. The Labute approximate surface area is 101 Å². The fraction of sp³-hybridized carbons (Fsp3) is 0.583. The summed E-state index contributed by atoms with van der Waals surface area (Å²) in [7, 11) is 0. The fourth-order valence-corrected chi connectivity index (χ4v) is 1.80. The molecule has 0 aromatic carbocycles.